The Hall–Kier alpha value is -2.91. The molecule has 1 spiro atoms. The van der Waals surface area contributed by atoms with Crippen molar-refractivity contribution in [1.82, 2.24) is 4.90 Å². The zero-order valence-electron chi connectivity index (χ0n) is 18.9. The number of carbonyl (C=O) groups excluding carboxylic acids is 1. The number of nitrogens with one attached hydrogen (secondary N) is 1. The Morgan fingerprint density at radius 3 is 2.52 bits per heavy atom. The van der Waals surface area contributed by atoms with E-state index in [9.17, 15) is 9.18 Å². The molecule has 2 heterocycles. The maximum absolute atomic E-state index is 13.5. The largest absolute Gasteiger partial charge is 0.497 e. The normalized spacial score (nSPS) is 17.5. The molecular weight excluding hydrogens is 443 g/mol. The van der Waals surface area contributed by atoms with E-state index in [0.29, 0.717) is 22.2 Å². The summed E-state index contributed by atoms with van der Waals surface area (Å²) in [5, 5.41) is 3.60. The third-order valence-corrected chi connectivity index (χ3v) is 6.72. The van der Waals surface area contributed by atoms with Crippen LogP contribution in [0.2, 0.25) is 0 Å². The highest BCUT2D eigenvalue weighted by Crippen LogP contribution is 2.35. The van der Waals surface area contributed by atoms with Crippen LogP contribution in [0.4, 0.5) is 10.1 Å². The van der Waals surface area contributed by atoms with Crippen molar-refractivity contribution >= 4 is 34.1 Å². The number of rotatable bonds is 6. The summed E-state index contributed by atoms with van der Waals surface area (Å²) in [6, 6.07) is 11.5. The quantitative estimate of drug-likeness (QED) is 0.694. The number of benzene rings is 2. The number of nitrogens with zero attached hydrogens (tertiary/aromatic N) is 3. The molecule has 4 rings (SSSR count). The molecule has 174 valence electrons. The van der Waals surface area contributed by atoms with E-state index in [-0.39, 0.29) is 17.5 Å². The van der Waals surface area contributed by atoms with Gasteiger partial charge in [-0.05, 0) is 43.4 Å². The number of halogens is 1. The highest BCUT2D eigenvalue weighted by atomic mass is 32.2. The van der Waals surface area contributed by atoms with Gasteiger partial charge in [-0.1, -0.05) is 11.8 Å². The molecule has 0 saturated carbocycles. The second kappa shape index (κ2) is 9.93. The zero-order chi connectivity index (χ0) is 23.4. The van der Waals surface area contributed by atoms with Gasteiger partial charge >= 0.3 is 0 Å². The Morgan fingerprint density at radius 1 is 1.12 bits per heavy atom. The summed E-state index contributed by atoms with van der Waals surface area (Å²) in [7, 11) is 5.20. The predicted octanol–water partition coefficient (Wildman–Crippen LogP) is 3.84. The smallest absolute Gasteiger partial charge is 0.234 e. The maximum Gasteiger partial charge on any atom is 0.234 e. The lowest BCUT2D eigenvalue weighted by molar-refractivity contribution is -0.113. The van der Waals surface area contributed by atoms with Gasteiger partial charge in [-0.2, -0.15) is 0 Å². The van der Waals surface area contributed by atoms with Crippen molar-refractivity contribution in [1.29, 1.82) is 0 Å². The van der Waals surface area contributed by atoms with Crippen LogP contribution in [0.25, 0.3) is 0 Å². The number of methoxy groups -OCH3 is 2. The number of hydrogen-bond acceptors (Lipinski definition) is 7. The van der Waals surface area contributed by atoms with E-state index in [1.807, 2.05) is 0 Å². The molecule has 2 aromatic rings. The molecule has 2 aromatic carbocycles. The second-order valence-corrected chi connectivity index (χ2v) is 9.04. The average Bonchev–Trinajstić information content (AvgIpc) is 3.18. The summed E-state index contributed by atoms with van der Waals surface area (Å²) in [5.74, 6) is 0.830. The summed E-state index contributed by atoms with van der Waals surface area (Å²) in [6.07, 6.45) is 1.63. The first-order valence-corrected chi connectivity index (χ1v) is 11.7. The highest BCUT2D eigenvalue weighted by molar-refractivity contribution is 8.16. The second-order valence-electron chi connectivity index (χ2n) is 8.07. The first-order chi connectivity index (χ1) is 15.9. The zero-order valence-corrected chi connectivity index (χ0v) is 19.7. The van der Waals surface area contributed by atoms with E-state index >= 15 is 0 Å². The summed E-state index contributed by atoms with van der Waals surface area (Å²) < 4.78 is 24.0. The minimum absolute atomic E-state index is 0.157. The number of hydrogen-bond donors (Lipinski definition) is 1. The van der Waals surface area contributed by atoms with Crippen molar-refractivity contribution in [2.75, 3.05) is 45.4 Å². The number of anilines is 1. The third kappa shape index (κ3) is 5.36. The van der Waals surface area contributed by atoms with Crippen LogP contribution in [0.5, 0.6) is 11.5 Å². The number of ether oxygens (including phenoxy) is 2. The number of carbonyl (C=O) groups is 1. The fourth-order valence-corrected chi connectivity index (χ4v) is 4.72. The van der Waals surface area contributed by atoms with Gasteiger partial charge in [0.05, 0.1) is 31.4 Å². The van der Waals surface area contributed by atoms with Gasteiger partial charge in [0, 0.05) is 37.6 Å². The van der Waals surface area contributed by atoms with E-state index in [4.69, 9.17) is 19.5 Å². The fraction of sp³-hybridized carbons (Fsp3) is 0.375. The van der Waals surface area contributed by atoms with Crippen LogP contribution in [0.3, 0.4) is 0 Å². The topological polar surface area (TPSA) is 75.5 Å². The Balaban J connectivity index is 1.50. The van der Waals surface area contributed by atoms with Crippen LogP contribution in [-0.4, -0.2) is 67.3 Å². The molecule has 33 heavy (non-hydrogen) atoms. The van der Waals surface area contributed by atoms with Crippen LogP contribution in [0.15, 0.2) is 52.4 Å². The van der Waals surface area contributed by atoms with Crippen LogP contribution >= 0.6 is 11.8 Å². The molecule has 2 aliphatic heterocycles. The lowest BCUT2D eigenvalue weighted by Crippen LogP contribution is -2.39. The molecule has 7 nitrogen and oxygen atoms in total. The van der Waals surface area contributed by atoms with Gasteiger partial charge in [-0.15, -0.1) is 0 Å². The van der Waals surface area contributed by atoms with Gasteiger partial charge in [0.25, 0.3) is 0 Å². The number of likely N-dealkylation sites (tertiary alicyclic amines) is 1. The molecule has 9 heteroatoms. The predicted molar refractivity (Wildman–Crippen MR) is 130 cm³/mol. The summed E-state index contributed by atoms with van der Waals surface area (Å²) in [4.78, 5) is 24.9. The monoisotopic (exact) mass is 470 g/mol. The molecule has 2 aliphatic rings. The molecule has 0 radical (unpaired) electrons. The molecule has 0 aliphatic carbocycles. The lowest BCUT2D eigenvalue weighted by Gasteiger charge is -2.33. The van der Waals surface area contributed by atoms with Crippen molar-refractivity contribution in [2.24, 2.45) is 9.98 Å². The highest BCUT2D eigenvalue weighted by Gasteiger charge is 2.39. The van der Waals surface area contributed by atoms with Gasteiger partial charge in [0.15, 0.2) is 5.66 Å². The first kappa shape index (κ1) is 23.3. The van der Waals surface area contributed by atoms with E-state index < -0.39 is 5.66 Å². The SMILES string of the molecule is COc1ccc(NC(=O)CSC2=NC3(CCN(C)CC3)N=C2c2ccc(F)cc2)c(OC)c1. The summed E-state index contributed by atoms with van der Waals surface area (Å²) in [6.45, 7) is 1.80. The summed E-state index contributed by atoms with van der Waals surface area (Å²) >= 11 is 1.34. The Bertz CT molecular complexity index is 1080. The molecule has 1 saturated heterocycles. The van der Waals surface area contributed by atoms with Crippen LogP contribution in [-0.2, 0) is 4.79 Å². The van der Waals surface area contributed by atoms with Crippen LogP contribution in [0, 0.1) is 5.82 Å². The van der Waals surface area contributed by atoms with Gasteiger partial charge in [-0.3, -0.25) is 9.79 Å². The number of thioether (sulfide) groups is 1. The molecule has 0 unspecified atom stereocenters. The minimum atomic E-state index is -0.506. The molecule has 1 amide bonds. The lowest BCUT2D eigenvalue weighted by atomic mass is 9.99. The fourth-order valence-electron chi connectivity index (χ4n) is 3.84. The Labute approximate surface area is 197 Å². The van der Waals surface area contributed by atoms with Gasteiger partial charge < -0.3 is 19.7 Å². The molecule has 1 N–H and O–H groups in total. The number of piperidine rings is 1. The van der Waals surface area contributed by atoms with E-state index in [0.717, 1.165) is 37.2 Å². The Morgan fingerprint density at radius 2 is 1.85 bits per heavy atom. The third-order valence-electron chi connectivity index (χ3n) is 5.76. The maximum atomic E-state index is 13.5. The van der Waals surface area contributed by atoms with Crippen LogP contribution < -0.4 is 14.8 Å². The molecule has 0 atom stereocenters. The molecule has 0 aromatic heterocycles. The van der Waals surface area contributed by atoms with Crippen molar-refractivity contribution < 1.29 is 18.7 Å². The van der Waals surface area contributed by atoms with Crippen molar-refractivity contribution in [3.05, 3.63) is 53.8 Å². The van der Waals surface area contributed by atoms with Crippen LogP contribution in [0.1, 0.15) is 18.4 Å². The molecule has 1 fully saturated rings. The van der Waals surface area contributed by atoms with E-state index in [2.05, 4.69) is 17.3 Å². The van der Waals surface area contributed by atoms with Crippen molar-refractivity contribution in [3.63, 3.8) is 0 Å². The number of aliphatic imine (C=N–C) groups is 2. The minimum Gasteiger partial charge on any atom is -0.497 e. The standard InChI is InChI=1S/C24H27FN4O3S/c1-29-12-10-24(11-13-29)27-22(16-4-6-17(25)7-5-16)23(28-24)33-15-21(30)26-19-9-8-18(31-2)14-20(19)32-3/h4-9,14H,10-13,15H2,1-3H3,(H,26,30). The van der Waals surface area contributed by atoms with E-state index in [1.165, 1.54) is 23.9 Å². The van der Waals surface area contributed by atoms with Crippen molar-refractivity contribution in [3.8, 4) is 11.5 Å². The van der Waals surface area contributed by atoms with Crippen molar-refractivity contribution in [2.45, 2.75) is 18.5 Å². The van der Waals surface area contributed by atoms with Gasteiger partial charge in [0.2, 0.25) is 5.91 Å². The van der Waals surface area contributed by atoms with Gasteiger partial charge in [0.1, 0.15) is 22.4 Å². The average molecular weight is 471 g/mol. The Kier molecular flexibility index (Phi) is 6.99. The van der Waals surface area contributed by atoms with Gasteiger partial charge in [-0.25, -0.2) is 9.38 Å². The van der Waals surface area contributed by atoms with E-state index in [1.54, 1.807) is 44.6 Å². The molecular formula is C24H27FN4O3S. The molecule has 0 bridgehead atoms. The first-order valence-electron chi connectivity index (χ1n) is 10.7. The number of amides is 1. The summed E-state index contributed by atoms with van der Waals surface area (Å²) in [5.41, 5.74) is 1.58.